The Morgan fingerprint density at radius 2 is 1.93 bits per heavy atom. The monoisotopic (exact) mass is 370 g/mol. The Hall–Kier alpha value is -2.34. The molecule has 3 rings (SSSR count). The number of halogens is 1. The Morgan fingerprint density at radius 1 is 1.26 bits per heavy atom. The van der Waals surface area contributed by atoms with Crippen LogP contribution in [0, 0.1) is 5.82 Å². The number of rotatable bonds is 5. The minimum absolute atomic E-state index is 0.0334. The molecule has 0 saturated carbocycles. The van der Waals surface area contributed by atoms with Crippen LogP contribution in [0.5, 0.6) is 0 Å². The molecule has 1 saturated heterocycles. The summed E-state index contributed by atoms with van der Waals surface area (Å²) in [5, 5.41) is 3.16. The predicted octanol–water partition coefficient (Wildman–Crippen LogP) is 3.17. The quantitative estimate of drug-likeness (QED) is 0.878. The third-order valence-corrected chi connectivity index (χ3v) is 5.18. The van der Waals surface area contributed by atoms with Crippen molar-refractivity contribution in [3.05, 3.63) is 59.4 Å². The predicted molar refractivity (Wildman–Crippen MR) is 103 cm³/mol. The Kier molecular flexibility index (Phi) is 6.16. The molecule has 6 heteroatoms. The number of hydrogen-bond acceptors (Lipinski definition) is 4. The number of piperidine rings is 1. The van der Waals surface area contributed by atoms with Crippen molar-refractivity contribution in [2.24, 2.45) is 0 Å². The number of carbonyl (C=O) groups is 1. The minimum Gasteiger partial charge on any atom is -0.348 e. The van der Waals surface area contributed by atoms with Gasteiger partial charge in [-0.05, 0) is 50.6 Å². The van der Waals surface area contributed by atoms with Gasteiger partial charge < -0.3 is 10.2 Å². The second kappa shape index (κ2) is 8.57. The Morgan fingerprint density at radius 3 is 2.56 bits per heavy atom. The molecule has 2 heterocycles. The van der Waals surface area contributed by atoms with Gasteiger partial charge in [0.2, 0.25) is 0 Å². The van der Waals surface area contributed by atoms with E-state index in [4.69, 9.17) is 0 Å². The number of aromatic nitrogens is 2. The molecule has 1 aromatic heterocycles. The summed E-state index contributed by atoms with van der Waals surface area (Å²) in [7, 11) is 2.08. The number of amides is 1. The van der Waals surface area contributed by atoms with Gasteiger partial charge in [0.25, 0.3) is 5.91 Å². The van der Waals surface area contributed by atoms with Crippen LogP contribution in [0.1, 0.15) is 54.4 Å². The van der Waals surface area contributed by atoms with E-state index in [-0.39, 0.29) is 29.7 Å². The highest BCUT2D eigenvalue weighted by Crippen LogP contribution is 2.21. The number of hydrogen-bond donors (Lipinski definition) is 1. The Balaban J connectivity index is 1.70. The number of carbonyl (C=O) groups excluding carboxylic acids is 1. The van der Waals surface area contributed by atoms with E-state index in [1.54, 1.807) is 12.4 Å². The lowest BCUT2D eigenvalue weighted by atomic mass is 9.91. The standard InChI is InChI=1S/C21H27FN4O/c1-14(2)20-23-12-16(13-24-20)21(27)25-18-5-4-10-26(3)19(18)11-15-6-8-17(22)9-7-15/h6-9,12-14,18-19H,4-5,10-11H2,1-3H3,(H,25,27)/t18-,19-/m0/s1. The van der Waals surface area contributed by atoms with E-state index < -0.39 is 0 Å². The fourth-order valence-electron chi connectivity index (χ4n) is 3.56. The number of benzene rings is 1. The molecule has 0 unspecified atom stereocenters. The van der Waals surface area contributed by atoms with E-state index in [9.17, 15) is 9.18 Å². The SMILES string of the molecule is CC(C)c1ncc(C(=O)N[C@H]2CCCN(C)[C@H]2Cc2ccc(F)cc2)cn1. The fourth-order valence-corrected chi connectivity index (χ4v) is 3.56. The molecule has 0 aliphatic carbocycles. The maximum Gasteiger partial charge on any atom is 0.254 e. The molecule has 2 atom stereocenters. The number of nitrogens with zero attached hydrogens (tertiary/aromatic N) is 3. The summed E-state index contributed by atoms with van der Waals surface area (Å²) < 4.78 is 13.2. The molecule has 1 amide bonds. The summed E-state index contributed by atoms with van der Waals surface area (Å²) in [6, 6.07) is 6.80. The maximum atomic E-state index is 13.2. The van der Waals surface area contributed by atoms with Crippen LogP contribution in [0.3, 0.4) is 0 Å². The van der Waals surface area contributed by atoms with E-state index >= 15 is 0 Å². The molecule has 0 radical (unpaired) electrons. The largest absolute Gasteiger partial charge is 0.348 e. The molecule has 1 aromatic carbocycles. The zero-order valence-electron chi connectivity index (χ0n) is 16.2. The summed E-state index contributed by atoms with van der Waals surface area (Å²) in [4.78, 5) is 23.5. The van der Waals surface area contributed by atoms with Gasteiger partial charge in [-0.3, -0.25) is 4.79 Å². The van der Waals surface area contributed by atoms with Gasteiger partial charge in [0, 0.05) is 30.4 Å². The van der Waals surface area contributed by atoms with Gasteiger partial charge in [0.15, 0.2) is 0 Å². The van der Waals surface area contributed by atoms with Crippen LogP contribution in [-0.4, -0.2) is 46.5 Å². The minimum atomic E-state index is -0.231. The van der Waals surface area contributed by atoms with E-state index in [1.807, 2.05) is 26.0 Å². The van der Waals surface area contributed by atoms with E-state index in [0.717, 1.165) is 37.2 Å². The third-order valence-electron chi connectivity index (χ3n) is 5.18. The smallest absolute Gasteiger partial charge is 0.254 e. The zero-order chi connectivity index (χ0) is 19.4. The van der Waals surface area contributed by atoms with Crippen molar-refractivity contribution in [3.63, 3.8) is 0 Å². The van der Waals surface area contributed by atoms with E-state index in [1.165, 1.54) is 12.1 Å². The second-order valence-corrected chi connectivity index (χ2v) is 7.59. The van der Waals surface area contributed by atoms with Crippen molar-refractivity contribution in [1.82, 2.24) is 20.2 Å². The average molecular weight is 370 g/mol. The van der Waals surface area contributed by atoms with Crippen LogP contribution in [0.4, 0.5) is 4.39 Å². The van der Waals surface area contributed by atoms with Crippen LogP contribution in [-0.2, 0) is 6.42 Å². The summed E-state index contributed by atoms with van der Waals surface area (Å²) in [5.74, 6) is 0.590. The van der Waals surface area contributed by atoms with Gasteiger partial charge in [-0.1, -0.05) is 26.0 Å². The first-order valence-electron chi connectivity index (χ1n) is 9.51. The molecule has 1 aliphatic heterocycles. The highest BCUT2D eigenvalue weighted by atomic mass is 19.1. The summed E-state index contributed by atoms with van der Waals surface area (Å²) >= 11 is 0. The highest BCUT2D eigenvalue weighted by Gasteiger charge is 2.30. The van der Waals surface area contributed by atoms with E-state index in [0.29, 0.717) is 5.56 Å². The summed E-state index contributed by atoms with van der Waals surface area (Å²) in [6.07, 6.45) is 5.92. The highest BCUT2D eigenvalue weighted by molar-refractivity contribution is 5.93. The van der Waals surface area contributed by atoms with Crippen LogP contribution in [0.25, 0.3) is 0 Å². The topological polar surface area (TPSA) is 58.1 Å². The van der Waals surface area contributed by atoms with Gasteiger partial charge in [-0.15, -0.1) is 0 Å². The normalized spacial score (nSPS) is 20.6. The first kappa shape index (κ1) is 19.4. The molecule has 27 heavy (non-hydrogen) atoms. The lowest BCUT2D eigenvalue weighted by molar-refractivity contribution is 0.0851. The first-order chi connectivity index (χ1) is 12.9. The molecule has 0 bridgehead atoms. The van der Waals surface area contributed by atoms with Crippen molar-refractivity contribution in [1.29, 1.82) is 0 Å². The molecular weight excluding hydrogens is 343 g/mol. The molecule has 144 valence electrons. The first-order valence-corrected chi connectivity index (χ1v) is 9.51. The zero-order valence-corrected chi connectivity index (χ0v) is 16.2. The lowest BCUT2D eigenvalue weighted by Crippen LogP contribution is -2.54. The molecule has 0 spiro atoms. The maximum absolute atomic E-state index is 13.2. The van der Waals surface area contributed by atoms with Gasteiger partial charge in [0.05, 0.1) is 5.56 Å². The van der Waals surface area contributed by atoms with Crippen LogP contribution < -0.4 is 5.32 Å². The number of likely N-dealkylation sites (tertiary alicyclic amines) is 1. The van der Waals surface area contributed by atoms with Crippen molar-refractivity contribution in [3.8, 4) is 0 Å². The molecule has 5 nitrogen and oxygen atoms in total. The van der Waals surface area contributed by atoms with Crippen molar-refractivity contribution in [2.45, 2.75) is 51.1 Å². The van der Waals surface area contributed by atoms with Gasteiger partial charge in [-0.2, -0.15) is 0 Å². The summed E-state index contributed by atoms with van der Waals surface area (Å²) in [6.45, 7) is 5.03. The van der Waals surface area contributed by atoms with Crippen LogP contribution in [0.2, 0.25) is 0 Å². The second-order valence-electron chi connectivity index (χ2n) is 7.59. The molecule has 1 N–H and O–H groups in total. The summed E-state index contributed by atoms with van der Waals surface area (Å²) in [5.41, 5.74) is 1.55. The van der Waals surface area contributed by atoms with Crippen LogP contribution >= 0.6 is 0 Å². The van der Waals surface area contributed by atoms with Gasteiger partial charge in [0.1, 0.15) is 11.6 Å². The van der Waals surface area contributed by atoms with Crippen molar-refractivity contribution in [2.75, 3.05) is 13.6 Å². The molecule has 1 aliphatic rings. The van der Waals surface area contributed by atoms with Crippen LogP contribution in [0.15, 0.2) is 36.7 Å². The molecule has 1 fully saturated rings. The lowest BCUT2D eigenvalue weighted by Gasteiger charge is -2.39. The number of likely N-dealkylation sites (N-methyl/N-ethyl adjacent to an activating group) is 1. The average Bonchev–Trinajstić information content (AvgIpc) is 2.66. The fraction of sp³-hybridized carbons (Fsp3) is 0.476. The Bertz CT molecular complexity index is 761. The van der Waals surface area contributed by atoms with Gasteiger partial charge in [-0.25, -0.2) is 14.4 Å². The van der Waals surface area contributed by atoms with Crippen molar-refractivity contribution >= 4 is 5.91 Å². The van der Waals surface area contributed by atoms with Crippen molar-refractivity contribution < 1.29 is 9.18 Å². The molecule has 2 aromatic rings. The Labute approximate surface area is 160 Å². The molecular formula is C21H27FN4O. The third kappa shape index (κ3) is 4.89. The number of nitrogens with one attached hydrogen (secondary N) is 1. The van der Waals surface area contributed by atoms with Gasteiger partial charge >= 0.3 is 0 Å². The van der Waals surface area contributed by atoms with E-state index in [2.05, 4.69) is 27.2 Å².